The highest BCUT2D eigenvalue weighted by Gasteiger charge is 2.21. The first-order valence-electron chi connectivity index (χ1n) is 8.26. The molecule has 1 amide bonds. The number of rotatable bonds is 6. The summed E-state index contributed by atoms with van der Waals surface area (Å²) in [6.45, 7) is 5.66. The molecular weight excluding hydrogens is 312 g/mol. The average Bonchev–Trinajstić information content (AvgIpc) is 2.54. The third-order valence-corrected chi connectivity index (χ3v) is 5.84. The van der Waals surface area contributed by atoms with E-state index in [1.165, 1.54) is 0 Å². The van der Waals surface area contributed by atoms with E-state index in [4.69, 9.17) is 0 Å². The molecule has 1 aliphatic rings. The minimum atomic E-state index is -3.38. The van der Waals surface area contributed by atoms with Crippen LogP contribution < -0.4 is 4.72 Å². The molecule has 1 fully saturated rings. The van der Waals surface area contributed by atoms with Crippen LogP contribution in [0.5, 0.6) is 0 Å². The van der Waals surface area contributed by atoms with Gasteiger partial charge < -0.3 is 4.90 Å². The zero-order valence-corrected chi connectivity index (χ0v) is 14.7. The smallest absolute Gasteiger partial charge is 0.240 e. The second-order valence-electron chi connectivity index (χ2n) is 6.20. The van der Waals surface area contributed by atoms with Crippen LogP contribution in [0.25, 0.3) is 0 Å². The van der Waals surface area contributed by atoms with Crippen molar-refractivity contribution in [1.29, 1.82) is 0 Å². The van der Waals surface area contributed by atoms with Gasteiger partial charge in [0, 0.05) is 26.6 Å². The van der Waals surface area contributed by atoms with Gasteiger partial charge in [0.2, 0.25) is 15.9 Å². The number of amides is 1. The van der Waals surface area contributed by atoms with Crippen molar-refractivity contribution in [3.05, 3.63) is 29.8 Å². The number of nitrogens with one attached hydrogen (secondary N) is 1. The van der Waals surface area contributed by atoms with Crippen molar-refractivity contribution in [1.82, 2.24) is 9.62 Å². The first-order valence-corrected chi connectivity index (χ1v) is 9.75. The summed E-state index contributed by atoms with van der Waals surface area (Å²) in [7, 11) is -3.38. The highest BCUT2D eigenvalue weighted by atomic mass is 32.2. The predicted molar refractivity (Wildman–Crippen MR) is 90.6 cm³/mol. The summed E-state index contributed by atoms with van der Waals surface area (Å²) in [5.74, 6) is 0.712. The van der Waals surface area contributed by atoms with Crippen molar-refractivity contribution in [2.45, 2.75) is 44.4 Å². The first kappa shape index (κ1) is 17.9. The Labute approximate surface area is 139 Å². The van der Waals surface area contributed by atoms with Gasteiger partial charge >= 0.3 is 0 Å². The van der Waals surface area contributed by atoms with Crippen LogP contribution in [-0.4, -0.2) is 38.9 Å². The van der Waals surface area contributed by atoms with E-state index in [2.05, 4.69) is 4.72 Å². The predicted octanol–water partition coefficient (Wildman–Crippen LogP) is 2.18. The normalized spacial score (nSPS) is 16.5. The fourth-order valence-electron chi connectivity index (χ4n) is 2.91. The number of sulfonamides is 1. The zero-order chi connectivity index (χ0) is 16.9. The highest BCUT2D eigenvalue weighted by Crippen LogP contribution is 2.22. The molecule has 128 valence electrons. The van der Waals surface area contributed by atoms with Crippen LogP contribution in [0.3, 0.4) is 0 Å². The Balaban J connectivity index is 1.92. The van der Waals surface area contributed by atoms with Crippen LogP contribution in [-0.2, 0) is 21.2 Å². The molecule has 0 atom stereocenters. The Morgan fingerprint density at radius 3 is 2.35 bits per heavy atom. The standard InChI is InChI=1S/C17H26N2O3S/c1-3-10-18-23(21,22)17-6-4-15(5-7-17)13-16-8-11-19(12-9-16)14(2)20/h4-7,16,18H,3,8-13H2,1-2H3. The van der Waals surface area contributed by atoms with Gasteiger partial charge in [0.05, 0.1) is 4.90 Å². The molecule has 0 bridgehead atoms. The monoisotopic (exact) mass is 338 g/mol. The maximum atomic E-state index is 12.0. The molecule has 0 unspecified atom stereocenters. The topological polar surface area (TPSA) is 66.5 Å². The van der Waals surface area contributed by atoms with E-state index < -0.39 is 10.0 Å². The highest BCUT2D eigenvalue weighted by molar-refractivity contribution is 7.89. The molecule has 0 radical (unpaired) electrons. The summed E-state index contributed by atoms with van der Waals surface area (Å²) in [5, 5.41) is 0. The molecule has 1 aromatic rings. The summed E-state index contributed by atoms with van der Waals surface area (Å²) < 4.78 is 26.7. The van der Waals surface area contributed by atoms with E-state index in [0.717, 1.165) is 44.3 Å². The number of piperidine rings is 1. The van der Waals surface area contributed by atoms with E-state index in [1.54, 1.807) is 19.1 Å². The largest absolute Gasteiger partial charge is 0.343 e. The lowest BCUT2D eigenvalue weighted by Gasteiger charge is -2.31. The number of carbonyl (C=O) groups is 1. The molecule has 6 heteroatoms. The first-order chi connectivity index (χ1) is 10.9. The number of nitrogens with zero attached hydrogens (tertiary/aromatic N) is 1. The summed E-state index contributed by atoms with van der Waals surface area (Å²) in [6.07, 6.45) is 3.74. The molecule has 1 aromatic carbocycles. The average molecular weight is 338 g/mol. The Hall–Kier alpha value is -1.40. The van der Waals surface area contributed by atoms with Gasteiger partial charge in [-0.05, 0) is 49.3 Å². The SMILES string of the molecule is CCCNS(=O)(=O)c1ccc(CC2CCN(C(C)=O)CC2)cc1. The second-order valence-corrected chi connectivity index (χ2v) is 7.96. The van der Waals surface area contributed by atoms with Crippen molar-refractivity contribution in [2.75, 3.05) is 19.6 Å². The second kappa shape index (κ2) is 7.93. The van der Waals surface area contributed by atoms with E-state index >= 15 is 0 Å². The van der Waals surface area contributed by atoms with Crippen LogP contribution in [0.1, 0.15) is 38.7 Å². The lowest BCUT2D eigenvalue weighted by atomic mass is 9.90. The van der Waals surface area contributed by atoms with E-state index in [1.807, 2.05) is 24.0 Å². The fraction of sp³-hybridized carbons (Fsp3) is 0.588. The lowest BCUT2D eigenvalue weighted by molar-refractivity contribution is -0.130. The van der Waals surface area contributed by atoms with Crippen molar-refractivity contribution in [3.8, 4) is 0 Å². The fourth-order valence-corrected chi connectivity index (χ4v) is 4.04. The van der Waals surface area contributed by atoms with Crippen LogP contribution in [0.4, 0.5) is 0 Å². The molecule has 0 aliphatic carbocycles. The van der Waals surface area contributed by atoms with E-state index in [0.29, 0.717) is 17.4 Å². The van der Waals surface area contributed by atoms with Crippen LogP contribution in [0, 0.1) is 5.92 Å². The molecule has 1 heterocycles. The van der Waals surface area contributed by atoms with Crippen molar-refractivity contribution >= 4 is 15.9 Å². The Kier molecular flexibility index (Phi) is 6.18. The summed E-state index contributed by atoms with van der Waals surface area (Å²) in [4.78, 5) is 13.5. The number of benzene rings is 1. The molecule has 1 saturated heterocycles. The molecular formula is C17H26N2O3S. The molecule has 0 aromatic heterocycles. The Morgan fingerprint density at radius 1 is 1.22 bits per heavy atom. The maximum Gasteiger partial charge on any atom is 0.240 e. The van der Waals surface area contributed by atoms with Crippen molar-refractivity contribution in [3.63, 3.8) is 0 Å². The summed E-state index contributed by atoms with van der Waals surface area (Å²) >= 11 is 0. The number of hydrogen-bond acceptors (Lipinski definition) is 3. The summed E-state index contributed by atoms with van der Waals surface area (Å²) in [6, 6.07) is 7.16. The minimum absolute atomic E-state index is 0.151. The Bertz CT molecular complexity index is 618. The van der Waals surface area contributed by atoms with Gasteiger partial charge in [-0.15, -0.1) is 0 Å². The third-order valence-electron chi connectivity index (χ3n) is 4.36. The van der Waals surface area contributed by atoms with Gasteiger partial charge in [0.25, 0.3) is 0 Å². The minimum Gasteiger partial charge on any atom is -0.343 e. The molecule has 23 heavy (non-hydrogen) atoms. The molecule has 1 aliphatic heterocycles. The molecule has 5 nitrogen and oxygen atoms in total. The molecule has 0 spiro atoms. The number of hydrogen-bond donors (Lipinski definition) is 1. The molecule has 2 rings (SSSR count). The number of likely N-dealkylation sites (tertiary alicyclic amines) is 1. The van der Waals surface area contributed by atoms with Gasteiger partial charge in [-0.1, -0.05) is 19.1 Å². The quantitative estimate of drug-likeness (QED) is 0.864. The maximum absolute atomic E-state index is 12.0. The third kappa shape index (κ3) is 5.04. The van der Waals surface area contributed by atoms with Gasteiger partial charge in [-0.3, -0.25) is 4.79 Å². The van der Waals surface area contributed by atoms with Gasteiger partial charge in [0.1, 0.15) is 0 Å². The Morgan fingerprint density at radius 2 is 1.83 bits per heavy atom. The van der Waals surface area contributed by atoms with Crippen LogP contribution in [0.2, 0.25) is 0 Å². The van der Waals surface area contributed by atoms with Gasteiger partial charge in [-0.25, -0.2) is 13.1 Å². The van der Waals surface area contributed by atoms with Crippen molar-refractivity contribution < 1.29 is 13.2 Å². The lowest BCUT2D eigenvalue weighted by Crippen LogP contribution is -2.37. The van der Waals surface area contributed by atoms with Crippen LogP contribution in [0.15, 0.2) is 29.2 Å². The zero-order valence-electron chi connectivity index (χ0n) is 13.9. The van der Waals surface area contributed by atoms with E-state index in [-0.39, 0.29) is 5.91 Å². The van der Waals surface area contributed by atoms with Crippen molar-refractivity contribution in [2.24, 2.45) is 5.92 Å². The van der Waals surface area contributed by atoms with Crippen LogP contribution >= 0.6 is 0 Å². The van der Waals surface area contributed by atoms with Gasteiger partial charge in [-0.2, -0.15) is 0 Å². The van der Waals surface area contributed by atoms with E-state index in [9.17, 15) is 13.2 Å². The summed E-state index contributed by atoms with van der Waals surface area (Å²) in [5.41, 5.74) is 1.15. The number of carbonyl (C=O) groups excluding carboxylic acids is 1. The van der Waals surface area contributed by atoms with Gasteiger partial charge in [0.15, 0.2) is 0 Å². The molecule has 0 saturated carbocycles. The molecule has 1 N–H and O–H groups in total.